The topological polar surface area (TPSA) is 59.8 Å². The molecule has 6 heteroatoms. The van der Waals surface area contributed by atoms with Crippen molar-refractivity contribution in [2.45, 2.75) is 31.3 Å². The highest BCUT2D eigenvalue weighted by Gasteiger charge is 2.18. The van der Waals surface area contributed by atoms with E-state index in [1.165, 1.54) is 17.3 Å². The molecule has 0 unspecified atom stereocenters. The lowest BCUT2D eigenvalue weighted by atomic mass is 9.87. The van der Waals surface area contributed by atoms with Gasteiger partial charge in [0.15, 0.2) is 11.0 Å². The Kier molecular flexibility index (Phi) is 5.65. The molecule has 0 aliphatic carbocycles. The molecule has 0 aliphatic rings. The van der Waals surface area contributed by atoms with Crippen LogP contribution in [0.15, 0.2) is 59.8 Å². The molecule has 3 aromatic rings. The van der Waals surface area contributed by atoms with Crippen LogP contribution in [-0.4, -0.2) is 33.5 Å². The van der Waals surface area contributed by atoms with E-state index in [1.54, 1.807) is 7.05 Å². The first-order chi connectivity index (χ1) is 12.9. The molecule has 140 valence electrons. The normalized spacial score (nSPS) is 11.4. The summed E-state index contributed by atoms with van der Waals surface area (Å²) in [6, 6.07) is 18.4. The summed E-state index contributed by atoms with van der Waals surface area (Å²) in [5.74, 6) is 1.02. The van der Waals surface area contributed by atoms with Gasteiger partial charge >= 0.3 is 0 Å². The minimum atomic E-state index is -0.0429. The van der Waals surface area contributed by atoms with Gasteiger partial charge in [-0.25, -0.2) is 0 Å². The fraction of sp³-hybridized carbons (Fsp3) is 0.286. The van der Waals surface area contributed by atoms with Gasteiger partial charge in [0.05, 0.1) is 5.75 Å². The molecule has 0 saturated heterocycles. The van der Waals surface area contributed by atoms with Crippen molar-refractivity contribution in [3.05, 3.63) is 60.2 Å². The van der Waals surface area contributed by atoms with Crippen LogP contribution in [0.1, 0.15) is 26.3 Å². The summed E-state index contributed by atoms with van der Waals surface area (Å²) in [5, 5.41) is 12.1. The lowest BCUT2D eigenvalue weighted by molar-refractivity contribution is -0.118. The van der Waals surface area contributed by atoms with E-state index in [-0.39, 0.29) is 11.3 Å². The second-order valence-electron chi connectivity index (χ2n) is 7.27. The number of amides is 1. The molecule has 1 amide bonds. The highest BCUT2D eigenvalue weighted by atomic mass is 32.2. The summed E-state index contributed by atoms with van der Waals surface area (Å²) in [7, 11) is 1.63. The Morgan fingerprint density at radius 2 is 1.70 bits per heavy atom. The third-order valence-corrected chi connectivity index (χ3v) is 5.20. The van der Waals surface area contributed by atoms with Gasteiger partial charge in [-0.2, -0.15) is 0 Å². The minimum Gasteiger partial charge on any atom is -0.358 e. The van der Waals surface area contributed by atoms with E-state index in [0.717, 1.165) is 17.1 Å². The zero-order valence-corrected chi connectivity index (χ0v) is 16.9. The molecule has 0 bridgehead atoms. The summed E-state index contributed by atoms with van der Waals surface area (Å²) in [5.41, 5.74) is 3.33. The van der Waals surface area contributed by atoms with Gasteiger partial charge in [-0.3, -0.25) is 9.36 Å². The quantitative estimate of drug-likeness (QED) is 0.678. The van der Waals surface area contributed by atoms with Gasteiger partial charge in [-0.15, -0.1) is 10.2 Å². The zero-order valence-electron chi connectivity index (χ0n) is 16.1. The van der Waals surface area contributed by atoms with Crippen molar-refractivity contribution in [1.29, 1.82) is 0 Å². The number of hydrogen-bond acceptors (Lipinski definition) is 4. The highest BCUT2D eigenvalue weighted by Crippen LogP contribution is 2.30. The van der Waals surface area contributed by atoms with Gasteiger partial charge in [0.25, 0.3) is 0 Å². The largest absolute Gasteiger partial charge is 0.358 e. The first-order valence-corrected chi connectivity index (χ1v) is 9.84. The Morgan fingerprint density at radius 1 is 1.04 bits per heavy atom. The van der Waals surface area contributed by atoms with Crippen LogP contribution >= 0.6 is 11.8 Å². The Morgan fingerprint density at radius 3 is 2.30 bits per heavy atom. The number of carbonyl (C=O) groups is 1. The van der Waals surface area contributed by atoms with Gasteiger partial charge in [0, 0.05) is 18.3 Å². The van der Waals surface area contributed by atoms with Crippen LogP contribution in [-0.2, 0) is 10.2 Å². The number of aromatic nitrogens is 3. The highest BCUT2D eigenvalue weighted by molar-refractivity contribution is 7.99. The molecule has 0 radical (unpaired) electrons. The van der Waals surface area contributed by atoms with Crippen LogP contribution in [0.25, 0.3) is 17.1 Å². The SMILES string of the molecule is CNC(=O)CSc1nnc(-c2ccc(C(C)(C)C)cc2)n1-c1ccccc1. The summed E-state index contributed by atoms with van der Waals surface area (Å²) < 4.78 is 2.00. The van der Waals surface area contributed by atoms with Crippen molar-refractivity contribution in [2.75, 3.05) is 12.8 Å². The van der Waals surface area contributed by atoms with Crippen molar-refractivity contribution < 1.29 is 4.79 Å². The van der Waals surface area contributed by atoms with E-state index in [2.05, 4.69) is 60.6 Å². The summed E-state index contributed by atoms with van der Waals surface area (Å²) in [4.78, 5) is 11.7. The van der Waals surface area contributed by atoms with Gasteiger partial charge < -0.3 is 5.32 Å². The number of nitrogens with one attached hydrogen (secondary N) is 1. The molecule has 0 aliphatic heterocycles. The number of thioether (sulfide) groups is 1. The Labute approximate surface area is 164 Å². The number of hydrogen-bond donors (Lipinski definition) is 1. The monoisotopic (exact) mass is 380 g/mol. The maximum atomic E-state index is 11.7. The molecule has 0 atom stereocenters. The fourth-order valence-electron chi connectivity index (χ4n) is 2.68. The van der Waals surface area contributed by atoms with Crippen LogP contribution < -0.4 is 5.32 Å². The number of rotatable bonds is 5. The third-order valence-electron chi connectivity index (χ3n) is 4.27. The predicted molar refractivity (Wildman–Crippen MR) is 110 cm³/mol. The van der Waals surface area contributed by atoms with Crippen molar-refractivity contribution in [3.8, 4) is 17.1 Å². The Balaban J connectivity index is 2.02. The molecular weight excluding hydrogens is 356 g/mol. The first kappa shape index (κ1) is 19.2. The fourth-order valence-corrected chi connectivity index (χ4v) is 3.51. The molecule has 1 heterocycles. The van der Waals surface area contributed by atoms with Crippen molar-refractivity contribution in [3.63, 3.8) is 0 Å². The molecule has 5 nitrogen and oxygen atoms in total. The molecule has 3 rings (SSSR count). The number of para-hydroxylation sites is 1. The average Bonchev–Trinajstić information content (AvgIpc) is 3.10. The summed E-state index contributed by atoms with van der Waals surface area (Å²) in [6.45, 7) is 6.59. The molecule has 2 aromatic carbocycles. The van der Waals surface area contributed by atoms with Gasteiger partial charge in [0.2, 0.25) is 5.91 Å². The van der Waals surface area contributed by atoms with Gasteiger partial charge in [-0.1, -0.05) is 75.0 Å². The predicted octanol–water partition coefficient (Wildman–Crippen LogP) is 4.07. The molecule has 0 spiro atoms. The molecular formula is C21H24N4OS. The van der Waals surface area contributed by atoms with Gasteiger partial charge in [-0.05, 0) is 23.1 Å². The lowest BCUT2D eigenvalue weighted by Crippen LogP contribution is -2.20. The van der Waals surface area contributed by atoms with Crippen LogP contribution in [0.5, 0.6) is 0 Å². The molecule has 0 saturated carbocycles. The van der Waals surface area contributed by atoms with Crippen LogP contribution in [0.2, 0.25) is 0 Å². The maximum Gasteiger partial charge on any atom is 0.230 e. The van der Waals surface area contributed by atoms with Crippen LogP contribution in [0.3, 0.4) is 0 Å². The van der Waals surface area contributed by atoms with E-state index in [9.17, 15) is 4.79 Å². The van der Waals surface area contributed by atoms with E-state index in [0.29, 0.717) is 10.9 Å². The maximum absolute atomic E-state index is 11.7. The Bertz CT molecular complexity index is 912. The Hall–Kier alpha value is -2.60. The standard InChI is InChI=1S/C21H24N4OS/c1-21(2,3)16-12-10-15(11-13-16)19-23-24-20(27-14-18(26)22-4)25(19)17-8-6-5-7-9-17/h5-13H,14H2,1-4H3,(H,22,26). The van der Waals surface area contributed by atoms with Gasteiger partial charge in [0.1, 0.15) is 0 Å². The van der Waals surface area contributed by atoms with E-state index in [4.69, 9.17) is 0 Å². The number of benzene rings is 2. The average molecular weight is 381 g/mol. The first-order valence-electron chi connectivity index (χ1n) is 8.85. The third kappa shape index (κ3) is 4.39. The van der Waals surface area contributed by atoms with Crippen LogP contribution in [0, 0.1) is 0 Å². The minimum absolute atomic E-state index is 0.0429. The van der Waals surface area contributed by atoms with Crippen molar-refractivity contribution in [1.82, 2.24) is 20.1 Å². The second-order valence-corrected chi connectivity index (χ2v) is 8.21. The number of nitrogens with zero attached hydrogens (tertiary/aromatic N) is 3. The van der Waals surface area contributed by atoms with Crippen LogP contribution in [0.4, 0.5) is 0 Å². The molecule has 0 fully saturated rings. The summed E-state index contributed by atoms with van der Waals surface area (Å²) >= 11 is 1.37. The molecule has 1 aromatic heterocycles. The second kappa shape index (κ2) is 7.96. The lowest BCUT2D eigenvalue weighted by Gasteiger charge is -2.19. The van der Waals surface area contributed by atoms with Crippen molar-refractivity contribution >= 4 is 17.7 Å². The van der Waals surface area contributed by atoms with E-state index < -0.39 is 0 Å². The molecule has 1 N–H and O–H groups in total. The molecule has 27 heavy (non-hydrogen) atoms. The summed E-state index contributed by atoms with van der Waals surface area (Å²) in [6.07, 6.45) is 0. The number of carbonyl (C=O) groups excluding carboxylic acids is 1. The smallest absolute Gasteiger partial charge is 0.230 e. The van der Waals surface area contributed by atoms with Crippen molar-refractivity contribution in [2.24, 2.45) is 0 Å². The van der Waals surface area contributed by atoms with E-state index in [1.807, 2.05) is 34.9 Å². The zero-order chi connectivity index (χ0) is 19.4. The van der Waals surface area contributed by atoms with E-state index >= 15 is 0 Å².